The molecule has 2 heteroatoms. The Morgan fingerprint density at radius 2 is 0.742 bits per heavy atom. The monoisotopic (exact) mass is 839 g/mol. The van der Waals surface area contributed by atoms with E-state index in [-0.39, 0.29) is 0 Å². The second-order valence-electron chi connectivity index (χ2n) is 17.2. The van der Waals surface area contributed by atoms with Crippen LogP contribution in [-0.2, 0) is 0 Å². The van der Waals surface area contributed by atoms with Gasteiger partial charge in [0.25, 0.3) is 0 Å². The maximum Gasteiger partial charge on any atom is 0.145 e. The summed E-state index contributed by atoms with van der Waals surface area (Å²) in [7, 11) is 0. The molecular formula is C64H41NO. The van der Waals surface area contributed by atoms with E-state index in [0.29, 0.717) is 0 Å². The molecule has 0 saturated carbocycles. The lowest BCUT2D eigenvalue weighted by Gasteiger charge is -2.28. The van der Waals surface area contributed by atoms with E-state index in [1.54, 1.807) is 0 Å². The summed E-state index contributed by atoms with van der Waals surface area (Å²) in [6.07, 6.45) is 0. The third-order valence-corrected chi connectivity index (χ3v) is 13.4. The van der Waals surface area contributed by atoms with Crippen LogP contribution in [0, 0.1) is 0 Å². The Kier molecular flexibility index (Phi) is 8.89. The summed E-state index contributed by atoms with van der Waals surface area (Å²) >= 11 is 0. The van der Waals surface area contributed by atoms with Crippen LogP contribution in [0.5, 0.6) is 0 Å². The maximum absolute atomic E-state index is 7.06. The number of hydrogen-bond acceptors (Lipinski definition) is 2. The van der Waals surface area contributed by atoms with Gasteiger partial charge in [0.05, 0.1) is 11.1 Å². The highest BCUT2D eigenvalue weighted by molar-refractivity contribution is 6.21. The zero-order valence-corrected chi connectivity index (χ0v) is 36.0. The average Bonchev–Trinajstić information content (AvgIpc) is 3.79. The predicted octanol–water partition coefficient (Wildman–Crippen LogP) is 18.3. The SMILES string of the molecule is c1ccc(-c2ccc(-c3cccc(N(c4cccc(-c5cc6ccccc6c6ccccc56)c4)c4ccc(-c5cc6ccccc6c6ccccc56)c5oc6ccccc6c45)c3)cc2)cc1. The zero-order chi connectivity index (χ0) is 43.6. The fourth-order valence-corrected chi connectivity index (χ4v) is 10.3. The van der Waals surface area contributed by atoms with Gasteiger partial charge >= 0.3 is 0 Å². The van der Waals surface area contributed by atoms with Crippen LogP contribution in [-0.4, -0.2) is 0 Å². The number of nitrogens with zero attached hydrogens (tertiary/aromatic N) is 1. The minimum atomic E-state index is 0.856. The molecule has 0 radical (unpaired) electrons. The van der Waals surface area contributed by atoms with Gasteiger partial charge in [-0.15, -0.1) is 0 Å². The van der Waals surface area contributed by atoms with Crippen LogP contribution < -0.4 is 4.90 Å². The van der Waals surface area contributed by atoms with Gasteiger partial charge in [-0.3, -0.25) is 0 Å². The van der Waals surface area contributed by atoms with Crippen molar-refractivity contribution in [2.24, 2.45) is 0 Å². The van der Waals surface area contributed by atoms with E-state index in [1.807, 2.05) is 0 Å². The summed E-state index contributed by atoms with van der Waals surface area (Å²) in [4.78, 5) is 2.43. The highest BCUT2D eigenvalue weighted by Gasteiger charge is 2.24. The minimum Gasteiger partial charge on any atom is -0.455 e. The Labute approximate surface area is 382 Å². The smallest absolute Gasteiger partial charge is 0.145 e. The lowest BCUT2D eigenvalue weighted by Crippen LogP contribution is -2.11. The van der Waals surface area contributed by atoms with Crippen molar-refractivity contribution in [2.75, 3.05) is 4.90 Å². The normalized spacial score (nSPS) is 11.6. The van der Waals surface area contributed by atoms with Gasteiger partial charge in [0.1, 0.15) is 11.2 Å². The number of para-hydroxylation sites is 1. The van der Waals surface area contributed by atoms with Crippen molar-refractivity contribution in [3.05, 3.63) is 249 Å². The quantitative estimate of drug-likeness (QED) is 0.149. The molecule has 1 heterocycles. The standard InChI is InChI=1S/C64H41NO/c1-2-16-42(17-3-1)43-32-34-44(35-33-43)45-20-14-22-49(38-45)65(50-23-15-21-46(39-50)59-40-47-18-4-6-24-51(47)53-26-8-10-28-55(53)59)61-37-36-57(64-63(61)58-30-12-13-31-62(58)66-64)60-41-48-19-5-7-25-52(48)54-27-9-11-29-56(54)60/h1-41H. The van der Waals surface area contributed by atoms with Gasteiger partial charge in [0.2, 0.25) is 0 Å². The number of fused-ring (bicyclic) bond motifs is 9. The van der Waals surface area contributed by atoms with Crippen LogP contribution in [0.4, 0.5) is 17.1 Å². The van der Waals surface area contributed by atoms with E-state index in [0.717, 1.165) is 66.8 Å². The van der Waals surface area contributed by atoms with Crippen molar-refractivity contribution in [2.45, 2.75) is 0 Å². The van der Waals surface area contributed by atoms with Crippen LogP contribution in [0.1, 0.15) is 0 Å². The first kappa shape index (κ1) is 37.8. The van der Waals surface area contributed by atoms with Gasteiger partial charge in [-0.05, 0) is 137 Å². The number of furan rings is 1. The van der Waals surface area contributed by atoms with Crippen molar-refractivity contribution < 1.29 is 4.42 Å². The summed E-state index contributed by atoms with van der Waals surface area (Å²) < 4.78 is 7.06. The molecule has 0 aliphatic carbocycles. The summed E-state index contributed by atoms with van der Waals surface area (Å²) in [5.74, 6) is 0. The lowest BCUT2D eigenvalue weighted by atomic mass is 9.91. The largest absolute Gasteiger partial charge is 0.455 e. The molecule has 0 fully saturated rings. The van der Waals surface area contributed by atoms with Crippen molar-refractivity contribution in [3.8, 4) is 44.5 Å². The predicted molar refractivity (Wildman–Crippen MR) is 280 cm³/mol. The van der Waals surface area contributed by atoms with Crippen molar-refractivity contribution in [1.82, 2.24) is 0 Å². The molecule has 12 aromatic carbocycles. The summed E-state index contributed by atoms with van der Waals surface area (Å²) in [5, 5.41) is 12.0. The number of benzene rings is 12. The topological polar surface area (TPSA) is 16.4 Å². The maximum atomic E-state index is 7.06. The molecular weight excluding hydrogens is 799 g/mol. The molecule has 0 saturated heterocycles. The molecule has 0 N–H and O–H groups in total. The van der Waals surface area contributed by atoms with E-state index in [1.165, 1.54) is 59.8 Å². The van der Waals surface area contributed by atoms with Crippen molar-refractivity contribution in [3.63, 3.8) is 0 Å². The van der Waals surface area contributed by atoms with Crippen LogP contribution in [0.3, 0.4) is 0 Å². The minimum absolute atomic E-state index is 0.856. The van der Waals surface area contributed by atoms with E-state index in [9.17, 15) is 0 Å². The fourth-order valence-electron chi connectivity index (χ4n) is 10.3. The second-order valence-corrected chi connectivity index (χ2v) is 17.2. The first-order valence-electron chi connectivity index (χ1n) is 22.7. The van der Waals surface area contributed by atoms with Gasteiger partial charge in [-0.25, -0.2) is 0 Å². The van der Waals surface area contributed by atoms with Crippen molar-refractivity contribution in [1.29, 1.82) is 0 Å². The Morgan fingerprint density at radius 1 is 0.273 bits per heavy atom. The second kappa shape index (κ2) is 15.5. The van der Waals surface area contributed by atoms with Crippen LogP contribution in [0.25, 0.3) is 110 Å². The molecule has 0 aliphatic rings. The average molecular weight is 840 g/mol. The molecule has 13 aromatic rings. The molecule has 1 aromatic heterocycles. The molecule has 13 rings (SSSR count). The summed E-state index contributed by atoms with van der Waals surface area (Å²) in [5.41, 5.74) is 14.1. The molecule has 0 atom stereocenters. The molecule has 0 unspecified atom stereocenters. The highest BCUT2D eigenvalue weighted by atomic mass is 16.3. The molecule has 0 spiro atoms. The molecule has 2 nitrogen and oxygen atoms in total. The molecule has 0 amide bonds. The number of rotatable bonds is 7. The summed E-state index contributed by atoms with van der Waals surface area (Å²) in [6, 6.07) is 90.2. The summed E-state index contributed by atoms with van der Waals surface area (Å²) in [6.45, 7) is 0. The van der Waals surface area contributed by atoms with E-state index >= 15 is 0 Å². The van der Waals surface area contributed by atoms with E-state index in [4.69, 9.17) is 4.42 Å². The van der Waals surface area contributed by atoms with E-state index < -0.39 is 0 Å². The molecule has 0 bridgehead atoms. The van der Waals surface area contributed by atoms with Crippen molar-refractivity contribution >= 4 is 82.1 Å². The first-order chi connectivity index (χ1) is 32.7. The first-order valence-corrected chi connectivity index (χ1v) is 22.7. The van der Waals surface area contributed by atoms with Gasteiger partial charge < -0.3 is 9.32 Å². The van der Waals surface area contributed by atoms with Gasteiger partial charge in [-0.2, -0.15) is 0 Å². The fraction of sp³-hybridized carbons (Fsp3) is 0. The molecule has 66 heavy (non-hydrogen) atoms. The lowest BCUT2D eigenvalue weighted by molar-refractivity contribution is 0.670. The Hall–Kier alpha value is -8.72. The zero-order valence-electron chi connectivity index (χ0n) is 36.0. The van der Waals surface area contributed by atoms with Crippen LogP contribution in [0.15, 0.2) is 253 Å². The Bertz CT molecular complexity index is 3990. The number of hydrogen-bond donors (Lipinski definition) is 0. The van der Waals surface area contributed by atoms with Crippen LogP contribution >= 0.6 is 0 Å². The third-order valence-electron chi connectivity index (χ3n) is 13.4. The number of anilines is 3. The molecule has 0 aliphatic heterocycles. The van der Waals surface area contributed by atoms with E-state index in [2.05, 4.69) is 254 Å². The van der Waals surface area contributed by atoms with Gasteiger partial charge in [0, 0.05) is 22.3 Å². The Morgan fingerprint density at radius 3 is 1.41 bits per heavy atom. The third kappa shape index (κ3) is 6.26. The van der Waals surface area contributed by atoms with Crippen LogP contribution in [0.2, 0.25) is 0 Å². The molecule has 308 valence electrons. The Balaban J connectivity index is 1.05. The van der Waals surface area contributed by atoms with Gasteiger partial charge in [-0.1, -0.05) is 194 Å². The van der Waals surface area contributed by atoms with Gasteiger partial charge in [0.15, 0.2) is 0 Å². The highest BCUT2D eigenvalue weighted by Crippen LogP contribution is 2.49.